The Kier molecular flexibility index (Phi) is 4.89. The average Bonchev–Trinajstić information content (AvgIpc) is 3.13. The summed E-state index contributed by atoms with van der Waals surface area (Å²) in [5.41, 5.74) is 3.93. The van der Waals surface area contributed by atoms with Crippen LogP contribution in [0.15, 0.2) is 72.9 Å². The van der Waals surface area contributed by atoms with Gasteiger partial charge in [-0.15, -0.1) is 0 Å². The van der Waals surface area contributed by atoms with Gasteiger partial charge in [-0.2, -0.15) is 5.10 Å². The fourth-order valence-electron chi connectivity index (χ4n) is 3.18. The first-order chi connectivity index (χ1) is 13.9. The highest BCUT2D eigenvalue weighted by Gasteiger charge is 2.23. The Balaban J connectivity index is 1.66. The van der Waals surface area contributed by atoms with E-state index >= 15 is 0 Å². The van der Waals surface area contributed by atoms with E-state index in [0.29, 0.717) is 17.9 Å². The van der Waals surface area contributed by atoms with Gasteiger partial charge < -0.3 is 5.32 Å². The van der Waals surface area contributed by atoms with Crippen LogP contribution in [0, 0.1) is 0 Å². The Bertz CT molecular complexity index is 1160. The van der Waals surface area contributed by atoms with E-state index in [9.17, 15) is 4.79 Å². The molecule has 2 aromatic carbocycles. The number of rotatable bonds is 4. The summed E-state index contributed by atoms with van der Waals surface area (Å²) in [5, 5.41) is 8.69. The molecule has 0 aliphatic rings. The number of benzene rings is 2. The maximum atomic E-state index is 13.1. The van der Waals surface area contributed by atoms with Gasteiger partial charge in [-0.1, -0.05) is 69.3 Å². The summed E-state index contributed by atoms with van der Waals surface area (Å²) < 4.78 is 1.78. The molecule has 4 rings (SSSR count). The number of aromatic nitrogens is 3. The largest absolute Gasteiger partial charge is 0.319 e. The Morgan fingerprint density at radius 2 is 1.72 bits per heavy atom. The van der Waals surface area contributed by atoms with Gasteiger partial charge in [0, 0.05) is 10.8 Å². The third-order valence-electron chi connectivity index (χ3n) is 4.80. The van der Waals surface area contributed by atoms with Crippen LogP contribution in [0.25, 0.3) is 10.9 Å². The summed E-state index contributed by atoms with van der Waals surface area (Å²) >= 11 is 0. The molecule has 0 spiro atoms. The summed E-state index contributed by atoms with van der Waals surface area (Å²) in [6.45, 7) is 6.82. The molecule has 0 aliphatic carbocycles. The third kappa shape index (κ3) is 4.19. The van der Waals surface area contributed by atoms with Gasteiger partial charge in [0.1, 0.15) is 5.69 Å². The zero-order chi connectivity index (χ0) is 20.4. The van der Waals surface area contributed by atoms with Crippen LogP contribution in [0.4, 0.5) is 5.69 Å². The molecule has 1 amide bonds. The number of hydrogen-bond donors (Lipinski definition) is 1. The summed E-state index contributed by atoms with van der Waals surface area (Å²) in [7, 11) is 0. The number of anilines is 1. The quantitative estimate of drug-likeness (QED) is 0.537. The first kappa shape index (κ1) is 18.9. The highest BCUT2D eigenvalue weighted by atomic mass is 16.2. The van der Waals surface area contributed by atoms with Crippen molar-refractivity contribution in [1.29, 1.82) is 0 Å². The van der Waals surface area contributed by atoms with Gasteiger partial charge in [0.15, 0.2) is 0 Å². The molecule has 0 bridgehead atoms. The Labute approximate surface area is 170 Å². The second kappa shape index (κ2) is 7.51. The van der Waals surface area contributed by atoms with Crippen molar-refractivity contribution in [3.63, 3.8) is 0 Å². The molecule has 0 saturated heterocycles. The van der Waals surface area contributed by atoms with E-state index in [2.05, 4.69) is 31.1 Å². The molecule has 4 aromatic rings. The molecule has 0 aliphatic heterocycles. The van der Waals surface area contributed by atoms with Gasteiger partial charge in [-0.3, -0.25) is 14.5 Å². The van der Waals surface area contributed by atoms with Crippen LogP contribution in [-0.2, 0) is 12.0 Å². The number of amides is 1. The van der Waals surface area contributed by atoms with E-state index in [1.54, 1.807) is 10.9 Å². The first-order valence-electron chi connectivity index (χ1n) is 9.68. The van der Waals surface area contributed by atoms with Crippen LogP contribution in [0.1, 0.15) is 42.5 Å². The zero-order valence-corrected chi connectivity index (χ0v) is 16.9. The second-order valence-corrected chi connectivity index (χ2v) is 8.18. The van der Waals surface area contributed by atoms with Crippen LogP contribution in [-0.4, -0.2) is 20.7 Å². The molecule has 2 aromatic heterocycles. The smallest absolute Gasteiger partial charge is 0.273 e. The topological polar surface area (TPSA) is 59.8 Å². The van der Waals surface area contributed by atoms with Gasteiger partial charge in [0.25, 0.3) is 5.91 Å². The predicted octanol–water partition coefficient (Wildman–Crippen LogP) is 5.03. The predicted molar refractivity (Wildman–Crippen MR) is 116 cm³/mol. The Morgan fingerprint density at radius 3 is 2.48 bits per heavy atom. The third-order valence-corrected chi connectivity index (χ3v) is 4.80. The number of nitrogens with zero attached hydrogens (tertiary/aromatic N) is 3. The first-order valence-corrected chi connectivity index (χ1v) is 9.68. The highest BCUT2D eigenvalue weighted by Crippen LogP contribution is 2.23. The van der Waals surface area contributed by atoms with Crippen LogP contribution < -0.4 is 5.32 Å². The van der Waals surface area contributed by atoms with Gasteiger partial charge in [0.05, 0.1) is 29.6 Å². The van der Waals surface area contributed by atoms with Gasteiger partial charge in [-0.05, 0) is 23.8 Å². The molecular weight excluding hydrogens is 360 g/mol. The van der Waals surface area contributed by atoms with Crippen molar-refractivity contribution in [2.24, 2.45) is 0 Å². The summed E-state index contributed by atoms with van der Waals surface area (Å²) in [6, 6.07) is 21.7. The van der Waals surface area contributed by atoms with Crippen molar-refractivity contribution in [3.8, 4) is 0 Å². The monoisotopic (exact) mass is 384 g/mol. The number of nitrogens with one attached hydrogen (secondary N) is 1. The molecule has 0 atom stereocenters. The normalized spacial score (nSPS) is 11.6. The molecule has 0 unspecified atom stereocenters. The lowest BCUT2D eigenvalue weighted by Gasteiger charge is -2.14. The Hall–Kier alpha value is -3.47. The standard InChI is InChI=1S/C24H24N4O/c1-24(2,3)22-14-21(28(27-22)16-17-9-5-4-6-10-17)23(29)26-19-13-18-11-7-8-12-20(18)25-15-19/h4-15H,16H2,1-3H3,(H,26,29). The van der Waals surface area contributed by atoms with E-state index in [4.69, 9.17) is 5.10 Å². The maximum absolute atomic E-state index is 13.1. The number of hydrogen-bond acceptors (Lipinski definition) is 3. The van der Waals surface area contributed by atoms with Crippen LogP contribution in [0.5, 0.6) is 0 Å². The minimum absolute atomic E-state index is 0.151. The van der Waals surface area contributed by atoms with E-state index in [-0.39, 0.29) is 11.3 Å². The summed E-state index contributed by atoms with van der Waals surface area (Å²) in [6.07, 6.45) is 1.68. The van der Waals surface area contributed by atoms with Crippen molar-refractivity contribution in [2.75, 3.05) is 5.32 Å². The number of carbonyl (C=O) groups excluding carboxylic acids is 1. The fourth-order valence-corrected chi connectivity index (χ4v) is 3.18. The molecule has 0 saturated carbocycles. The molecular formula is C24H24N4O. The summed E-state index contributed by atoms with van der Waals surface area (Å²) in [4.78, 5) is 17.5. The maximum Gasteiger partial charge on any atom is 0.273 e. The van der Waals surface area contributed by atoms with E-state index in [0.717, 1.165) is 22.2 Å². The van der Waals surface area contributed by atoms with Crippen molar-refractivity contribution in [1.82, 2.24) is 14.8 Å². The molecule has 146 valence electrons. The SMILES string of the molecule is CC(C)(C)c1cc(C(=O)Nc2cnc3ccccc3c2)n(Cc2ccccc2)n1. The molecule has 1 N–H and O–H groups in total. The zero-order valence-electron chi connectivity index (χ0n) is 16.9. The minimum atomic E-state index is -0.194. The van der Waals surface area contributed by atoms with Crippen LogP contribution in [0.3, 0.4) is 0 Å². The number of fused-ring (bicyclic) bond motifs is 1. The van der Waals surface area contributed by atoms with Crippen LogP contribution in [0.2, 0.25) is 0 Å². The van der Waals surface area contributed by atoms with Crippen molar-refractivity contribution >= 4 is 22.5 Å². The van der Waals surface area contributed by atoms with Crippen LogP contribution >= 0.6 is 0 Å². The van der Waals surface area contributed by atoms with E-state index in [1.807, 2.05) is 66.7 Å². The molecule has 2 heterocycles. The average molecular weight is 384 g/mol. The van der Waals surface area contributed by atoms with E-state index < -0.39 is 0 Å². The molecule has 0 radical (unpaired) electrons. The van der Waals surface area contributed by atoms with Crippen molar-refractivity contribution in [3.05, 3.63) is 89.9 Å². The lowest BCUT2D eigenvalue weighted by molar-refractivity contribution is 0.101. The molecule has 5 nitrogen and oxygen atoms in total. The second-order valence-electron chi connectivity index (χ2n) is 8.18. The lowest BCUT2D eigenvalue weighted by atomic mass is 9.92. The van der Waals surface area contributed by atoms with Gasteiger partial charge >= 0.3 is 0 Å². The van der Waals surface area contributed by atoms with E-state index in [1.165, 1.54) is 0 Å². The van der Waals surface area contributed by atoms with Gasteiger partial charge in [-0.25, -0.2) is 0 Å². The highest BCUT2D eigenvalue weighted by molar-refractivity contribution is 6.04. The van der Waals surface area contributed by atoms with Gasteiger partial charge in [0.2, 0.25) is 0 Å². The van der Waals surface area contributed by atoms with Crippen molar-refractivity contribution < 1.29 is 4.79 Å². The fraction of sp³-hybridized carbons (Fsp3) is 0.208. The number of para-hydroxylation sites is 1. The van der Waals surface area contributed by atoms with Crippen molar-refractivity contribution in [2.45, 2.75) is 32.7 Å². The number of carbonyl (C=O) groups is 1. The molecule has 0 fully saturated rings. The molecule has 29 heavy (non-hydrogen) atoms. The minimum Gasteiger partial charge on any atom is -0.319 e. The molecule has 5 heteroatoms. The number of pyridine rings is 1. The lowest BCUT2D eigenvalue weighted by Crippen LogP contribution is -2.18. The Morgan fingerprint density at radius 1 is 1.00 bits per heavy atom. The summed E-state index contributed by atoms with van der Waals surface area (Å²) in [5.74, 6) is -0.194.